The largest absolute Gasteiger partial charge is 0.507 e. The van der Waals surface area contributed by atoms with Crippen molar-refractivity contribution in [1.82, 2.24) is 9.80 Å². The molecular formula is C32H34N2O6. The second-order valence-electron chi connectivity index (χ2n) is 9.85. The lowest BCUT2D eigenvalue weighted by Crippen LogP contribution is -2.39. The van der Waals surface area contributed by atoms with Crippen molar-refractivity contribution in [3.63, 3.8) is 0 Å². The Morgan fingerprint density at radius 3 is 2.33 bits per heavy atom. The summed E-state index contributed by atoms with van der Waals surface area (Å²) in [5, 5.41) is 11.3. The molecule has 2 saturated heterocycles. The Kier molecular flexibility index (Phi) is 8.78. The van der Waals surface area contributed by atoms with Crippen LogP contribution in [0.2, 0.25) is 0 Å². The van der Waals surface area contributed by atoms with Crippen molar-refractivity contribution < 1.29 is 28.9 Å². The Balaban J connectivity index is 1.46. The van der Waals surface area contributed by atoms with Crippen LogP contribution in [0.3, 0.4) is 0 Å². The molecule has 8 heteroatoms. The number of ether oxygens (including phenoxy) is 3. The van der Waals surface area contributed by atoms with Crippen LogP contribution in [0.15, 0.2) is 84.4 Å². The zero-order valence-corrected chi connectivity index (χ0v) is 22.6. The predicted octanol–water partition coefficient (Wildman–Crippen LogP) is 4.42. The number of methoxy groups -OCH3 is 1. The molecule has 1 atom stereocenters. The number of carbonyl (C=O) groups excluding carboxylic acids is 2. The lowest BCUT2D eigenvalue weighted by Gasteiger charge is -2.29. The number of morpholine rings is 1. The lowest BCUT2D eigenvalue weighted by molar-refractivity contribution is -0.140. The first-order valence-corrected chi connectivity index (χ1v) is 13.6. The summed E-state index contributed by atoms with van der Waals surface area (Å²) < 4.78 is 17.1. The molecule has 8 nitrogen and oxygen atoms in total. The number of benzene rings is 3. The highest BCUT2D eigenvalue weighted by Gasteiger charge is 2.46. The number of ketones is 1. The normalized spacial score (nSPS) is 19.1. The van der Waals surface area contributed by atoms with Crippen LogP contribution in [0, 0.1) is 0 Å². The summed E-state index contributed by atoms with van der Waals surface area (Å²) >= 11 is 0. The summed E-state index contributed by atoms with van der Waals surface area (Å²) in [6, 6.07) is 23.3. The third-order valence-corrected chi connectivity index (χ3v) is 7.30. The molecule has 5 rings (SSSR count). The molecule has 0 radical (unpaired) electrons. The highest BCUT2D eigenvalue weighted by molar-refractivity contribution is 6.46. The standard InChI is InChI=1S/C32H34N2O6/c1-38-27-21-25(13-14-26(27)40-22-23-9-4-2-5-10-23)29-28(30(35)24-11-6-3-7-12-24)31(36)32(37)34(29)16-8-15-33-17-19-39-20-18-33/h2-7,9-14,21,29,35H,8,15-20,22H2,1H3/b30-28+. The fourth-order valence-electron chi connectivity index (χ4n) is 5.21. The summed E-state index contributed by atoms with van der Waals surface area (Å²) in [6.07, 6.45) is 0.685. The fraction of sp³-hybridized carbons (Fsp3) is 0.312. The molecule has 1 unspecified atom stereocenters. The number of Topliss-reactive ketones (excluding diaryl/α,β-unsaturated/α-hetero) is 1. The third-order valence-electron chi connectivity index (χ3n) is 7.30. The van der Waals surface area contributed by atoms with Gasteiger partial charge in [-0.3, -0.25) is 14.5 Å². The smallest absolute Gasteiger partial charge is 0.295 e. The van der Waals surface area contributed by atoms with E-state index in [4.69, 9.17) is 14.2 Å². The van der Waals surface area contributed by atoms with E-state index >= 15 is 0 Å². The van der Waals surface area contributed by atoms with E-state index in [9.17, 15) is 14.7 Å². The van der Waals surface area contributed by atoms with Crippen LogP contribution in [-0.4, -0.2) is 73.1 Å². The molecule has 1 N–H and O–H groups in total. The van der Waals surface area contributed by atoms with E-state index in [-0.39, 0.29) is 11.3 Å². The highest BCUT2D eigenvalue weighted by atomic mass is 16.5. The van der Waals surface area contributed by atoms with Crippen molar-refractivity contribution in [2.45, 2.75) is 19.1 Å². The average Bonchev–Trinajstić information content (AvgIpc) is 3.26. The minimum absolute atomic E-state index is 0.0718. The molecule has 1 amide bonds. The number of rotatable bonds is 10. The lowest BCUT2D eigenvalue weighted by atomic mass is 9.95. The molecule has 0 aromatic heterocycles. The molecule has 0 saturated carbocycles. The molecule has 208 valence electrons. The van der Waals surface area contributed by atoms with E-state index in [0.717, 1.165) is 25.2 Å². The van der Waals surface area contributed by atoms with Crippen LogP contribution in [0.5, 0.6) is 11.5 Å². The molecule has 2 aliphatic heterocycles. The number of hydrogen-bond donors (Lipinski definition) is 1. The van der Waals surface area contributed by atoms with Gasteiger partial charge in [0.25, 0.3) is 11.7 Å². The van der Waals surface area contributed by atoms with Gasteiger partial charge in [0, 0.05) is 31.7 Å². The average molecular weight is 543 g/mol. The maximum absolute atomic E-state index is 13.4. The zero-order chi connectivity index (χ0) is 27.9. The SMILES string of the molecule is COc1cc(C2/C(=C(\O)c3ccccc3)C(=O)C(=O)N2CCCN2CCOCC2)ccc1OCc1ccccc1. The van der Waals surface area contributed by atoms with Crippen LogP contribution >= 0.6 is 0 Å². The van der Waals surface area contributed by atoms with Crippen LogP contribution in [0.25, 0.3) is 5.76 Å². The van der Waals surface area contributed by atoms with Crippen LogP contribution in [-0.2, 0) is 20.9 Å². The first-order valence-electron chi connectivity index (χ1n) is 13.6. The molecule has 2 aliphatic rings. The van der Waals surface area contributed by atoms with Gasteiger partial charge in [0.15, 0.2) is 11.5 Å². The molecule has 3 aromatic carbocycles. The van der Waals surface area contributed by atoms with Crippen LogP contribution < -0.4 is 9.47 Å². The third kappa shape index (κ3) is 6.03. The van der Waals surface area contributed by atoms with E-state index in [0.29, 0.717) is 55.4 Å². The zero-order valence-electron chi connectivity index (χ0n) is 22.6. The predicted molar refractivity (Wildman–Crippen MR) is 151 cm³/mol. The quantitative estimate of drug-likeness (QED) is 0.231. The Hall–Kier alpha value is -4.14. The first-order chi connectivity index (χ1) is 19.6. The Bertz CT molecular complexity index is 1350. The molecular weight excluding hydrogens is 508 g/mol. The number of hydrogen-bond acceptors (Lipinski definition) is 7. The summed E-state index contributed by atoms with van der Waals surface area (Å²) in [4.78, 5) is 30.6. The summed E-state index contributed by atoms with van der Waals surface area (Å²) in [5.41, 5.74) is 2.23. The Labute approximate surface area is 234 Å². The van der Waals surface area contributed by atoms with Gasteiger partial charge in [0.1, 0.15) is 12.4 Å². The van der Waals surface area contributed by atoms with E-state index in [2.05, 4.69) is 4.90 Å². The monoisotopic (exact) mass is 542 g/mol. The van der Waals surface area contributed by atoms with E-state index in [1.807, 2.05) is 42.5 Å². The van der Waals surface area contributed by atoms with Gasteiger partial charge in [0.2, 0.25) is 0 Å². The second kappa shape index (κ2) is 12.8. The van der Waals surface area contributed by atoms with Gasteiger partial charge in [0.05, 0.1) is 31.9 Å². The van der Waals surface area contributed by atoms with Crippen molar-refractivity contribution in [1.29, 1.82) is 0 Å². The van der Waals surface area contributed by atoms with E-state index in [1.54, 1.807) is 48.4 Å². The number of amides is 1. The number of likely N-dealkylation sites (tertiary alicyclic amines) is 1. The van der Waals surface area contributed by atoms with Gasteiger partial charge >= 0.3 is 0 Å². The second-order valence-corrected chi connectivity index (χ2v) is 9.85. The van der Waals surface area contributed by atoms with Crippen molar-refractivity contribution in [2.75, 3.05) is 46.5 Å². The highest BCUT2D eigenvalue weighted by Crippen LogP contribution is 2.42. The van der Waals surface area contributed by atoms with Gasteiger partial charge in [-0.25, -0.2) is 0 Å². The van der Waals surface area contributed by atoms with E-state index < -0.39 is 17.7 Å². The van der Waals surface area contributed by atoms with Gasteiger partial charge in [-0.2, -0.15) is 0 Å². The number of aliphatic hydroxyl groups is 1. The van der Waals surface area contributed by atoms with E-state index in [1.165, 1.54) is 0 Å². The maximum Gasteiger partial charge on any atom is 0.295 e. The van der Waals surface area contributed by atoms with Crippen molar-refractivity contribution >= 4 is 17.4 Å². The van der Waals surface area contributed by atoms with Gasteiger partial charge in [-0.15, -0.1) is 0 Å². The topological polar surface area (TPSA) is 88.5 Å². The number of nitrogens with zero attached hydrogens (tertiary/aromatic N) is 2. The molecule has 2 heterocycles. The number of carbonyl (C=O) groups is 2. The summed E-state index contributed by atoms with van der Waals surface area (Å²) in [6.45, 7) is 4.60. The first kappa shape index (κ1) is 27.4. The van der Waals surface area contributed by atoms with Crippen molar-refractivity contribution in [2.24, 2.45) is 0 Å². The van der Waals surface area contributed by atoms with Crippen LogP contribution in [0.1, 0.15) is 29.2 Å². The molecule has 40 heavy (non-hydrogen) atoms. The fourth-order valence-corrected chi connectivity index (χ4v) is 5.21. The molecule has 2 fully saturated rings. The minimum Gasteiger partial charge on any atom is -0.507 e. The Morgan fingerprint density at radius 2 is 1.62 bits per heavy atom. The van der Waals surface area contributed by atoms with Gasteiger partial charge < -0.3 is 24.2 Å². The minimum atomic E-state index is -0.762. The Morgan fingerprint density at radius 1 is 0.925 bits per heavy atom. The maximum atomic E-state index is 13.4. The van der Waals surface area contributed by atoms with Crippen molar-refractivity contribution in [3.8, 4) is 11.5 Å². The summed E-state index contributed by atoms with van der Waals surface area (Å²) in [7, 11) is 1.55. The molecule has 0 spiro atoms. The van der Waals surface area contributed by atoms with Crippen LogP contribution in [0.4, 0.5) is 0 Å². The molecule has 0 bridgehead atoms. The van der Waals surface area contributed by atoms with Gasteiger partial charge in [-0.05, 0) is 29.7 Å². The molecule has 3 aromatic rings. The van der Waals surface area contributed by atoms with Gasteiger partial charge in [-0.1, -0.05) is 66.7 Å². The number of aliphatic hydroxyl groups excluding tert-OH is 1. The molecule has 0 aliphatic carbocycles. The van der Waals surface area contributed by atoms with Crippen molar-refractivity contribution in [3.05, 3.63) is 101 Å². The summed E-state index contributed by atoms with van der Waals surface area (Å²) in [5.74, 6) is -0.480.